The van der Waals surface area contributed by atoms with E-state index >= 15 is 0 Å². The predicted octanol–water partition coefficient (Wildman–Crippen LogP) is 3.85. The van der Waals surface area contributed by atoms with Gasteiger partial charge < -0.3 is 5.32 Å². The molecule has 0 aliphatic heterocycles. The number of carbonyl (C=O) groups is 2. The molecule has 4 nitrogen and oxygen atoms in total. The SMILES string of the molecule is CC(NC(=O)c1ccc(C#N)cc1)C(C)C(=O)c1ccc(Cl)cc1. The second-order valence-electron chi connectivity index (χ2n) is 5.61. The van der Waals surface area contributed by atoms with Crippen molar-refractivity contribution in [2.75, 3.05) is 0 Å². The number of Topliss-reactive ketones (excluding diaryl/α,β-unsaturated/α-hetero) is 1. The summed E-state index contributed by atoms with van der Waals surface area (Å²) in [6.45, 7) is 3.57. The highest BCUT2D eigenvalue weighted by Crippen LogP contribution is 2.16. The quantitative estimate of drug-likeness (QED) is 0.840. The number of halogens is 1. The first-order valence-electron chi connectivity index (χ1n) is 7.53. The van der Waals surface area contributed by atoms with E-state index in [0.717, 1.165) is 0 Å². The molecule has 122 valence electrons. The molecular weight excluding hydrogens is 324 g/mol. The third kappa shape index (κ3) is 4.21. The Balaban J connectivity index is 2.03. The van der Waals surface area contributed by atoms with Crippen LogP contribution in [0, 0.1) is 17.2 Å². The van der Waals surface area contributed by atoms with Crippen molar-refractivity contribution in [3.8, 4) is 6.07 Å². The van der Waals surface area contributed by atoms with E-state index in [0.29, 0.717) is 21.7 Å². The Morgan fingerprint density at radius 1 is 1.00 bits per heavy atom. The molecule has 2 aromatic rings. The standard InChI is InChI=1S/C19H17ClN2O2/c1-12(18(23)15-7-9-17(20)10-8-15)13(2)22-19(24)16-5-3-14(11-21)4-6-16/h3-10,12-13H,1-2H3,(H,22,24). The van der Waals surface area contributed by atoms with Gasteiger partial charge in [0.1, 0.15) is 0 Å². The molecule has 0 saturated heterocycles. The lowest BCUT2D eigenvalue weighted by molar-refractivity contribution is 0.0868. The van der Waals surface area contributed by atoms with Crippen LogP contribution in [0.25, 0.3) is 0 Å². The van der Waals surface area contributed by atoms with Gasteiger partial charge in [0.2, 0.25) is 0 Å². The van der Waals surface area contributed by atoms with E-state index in [-0.39, 0.29) is 23.7 Å². The van der Waals surface area contributed by atoms with Crippen molar-refractivity contribution in [3.05, 3.63) is 70.2 Å². The van der Waals surface area contributed by atoms with Crippen molar-refractivity contribution in [1.29, 1.82) is 5.26 Å². The molecule has 24 heavy (non-hydrogen) atoms. The Hall–Kier alpha value is -2.64. The zero-order valence-electron chi connectivity index (χ0n) is 13.4. The van der Waals surface area contributed by atoms with E-state index in [4.69, 9.17) is 16.9 Å². The number of ketones is 1. The Bertz CT molecular complexity index is 777. The van der Waals surface area contributed by atoms with Crippen LogP contribution in [-0.2, 0) is 0 Å². The van der Waals surface area contributed by atoms with E-state index in [1.54, 1.807) is 62.4 Å². The number of hydrogen-bond acceptors (Lipinski definition) is 3. The zero-order chi connectivity index (χ0) is 17.7. The molecule has 5 heteroatoms. The van der Waals surface area contributed by atoms with Crippen LogP contribution in [0.5, 0.6) is 0 Å². The summed E-state index contributed by atoms with van der Waals surface area (Å²) < 4.78 is 0. The van der Waals surface area contributed by atoms with Crippen molar-refractivity contribution in [3.63, 3.8) is 0 Å². The summed E-state index contributed by atoms with van der Waals surface area (Å²) in [5.41, 5.74) is 1.50. The number of nitriles is 1. The minimum absolute atomic E-state index is 0.0562. The highest BCUT2D eigenvalue weighted by atomic mass is 35.5. The summed E-state index contributed by atoms with van der Waals surface area (Å²) in [5, 5.41) is 12.2. The summed E-state index contributed by atoms with van der Waals surface area (Å²) in [7, 11) is 0. The zero-order valence-corrected chi connectivity index (χ0v) is 14.2. The summed E-state index contributed by atoms with van der Waals surface area (Å²) in [4.78, 5) is 24.7. The smallest absolute Gasteiger partial charge is 0.251 e. The average Bonchev–Trinajstić information content (AvgIpc) is 2.61. The largest absolute Gasteiger partial charge is 0.349 e. The van der Waals surface area contributed by atoms with Crippen LogP contribution in [0.3, 0.4) is 0 Å². The number of amides is 1. The van der Waals surface area contributed by atoms with Crippen LogP contribution in [0.4, 0.5) is 0 Å². The minimum Gasteiger partial charge on any atom is -0.349 e. The Labute approximate surface area is 146 Å². The minimum atomic E-state index is -0.381. The molecular formula is C19H17ClN2O2. The number of nitrogens with one attached hydrogen (secondary N) is 1. The Morgan fingerprint density at radius 3 is 2.08 bits per heavy atom. The number of hydrogen-bond donors (Lipinski definition) is 1. The number of carbonyl (C=O) groups excluding carboxylic acids is 2. The molecule has 2 aromatic carbocycles. The van der Waals surface area contributed by atoms with E-state index in [1.165, 1.54) is 0 Å². The van der Waals surface area contributed by atoms with Crippen LogP contribution in [0.1, 0.15) is 40.1 Å². The molecule has 0 aromatic heterocycles. The Morgan fingerprint density at radius 2 is 1.54 bits per heavy atom. The molecule has 0 bridgehead atoms. The van der Waals surface area contributed by atoms with Crippen LogP contribution >= 0.6 is 11.6 Å². The van der Waals surface area contributed by atoms with Crippen LogP contribution < -0.4 is 5.32 Å². The lowest BCUT2D eigenvalue weighted by Crippen LogP contribution is -2.40. The molecule has 0 heterocycles. The predicted molar refractivity (Wildman–Crippen MR) is 93.0 cm³/mol. The first-order valence-corrected chi connectivity index (χ1v) is 7.91. The van der Waals surface area contributed by atoms with Gasteiger partial charge in [0.05, 0.1) is 11.6 Å². The molecule has 0 aliphatic rings. The highest BCUT2D eigenvalue weighted by molar-refractivity contribution is 6.30. The van der Waals surface area contributed by atoms with E-state index in [1.807, 2.05) is 6.07 Å². The monoisotopic (exact) mass is 340 g/mol. The maximum absolute atomic E-state index is 12.5. The molecule has 0 aliphatic carbocycles. The van der Waals surface area contributed by atoms with Crippen molar-refractivity contribution in [2.24, 2.45) is 5.92 Å². The van der Waals surface area contributed by atoms with Gasteiger partial charge in [-0.15, -0.1) is 0 Å². The second-order valence-corrected chi connectivity index (χ2v) is 6.05. The molecule has 1 amide bonds. The van der Waals surface area contributed by atoms with Gasteiger partial charge in [0.15, 0.2) is 5.78 Å². The van der Waals surface area contributed by atoms with Crippen molar-refractivity contribution < 1.29 is 9.59 Å². The lowest BCUT2D eigenvalue weighted by atomic mass is 9.93. The van der Waals surface area contributed by atoms with Crippen molar-refractivity contribution in [1.82, 2.24) is 5.32 Å². The second kappa shape index (κ2) is 7.76. The van der Waals surface area contributed by atoms with Gasteiger partial charge in [0.25, 0.3) is 5.91 Å². The maximum atomic E-state index is 12.5. The third-order valence-corrected chi connectivity index (χ3v) is 4.18. The van der Waals surface area contributed by atoms with Gasteiger partial charge >= 0.3 is 0 Å². The van der Waals surface area contributed by atoms with Gasteiger partial charge in [-0.3, -0.25) is 9.59 Å². The average molecular weight is 341 g/mol. The highest BCUT2D eigenvalue weighted by Gasteiger charge is 2.23. The summed E-state index contributed by atoms with van der Waals surface area (Å²) in [6.07, 6.45) is 0. The summed E-state index contributed by atoms with van der Waals surface area (Å²) in [5.74, 6) is -0.712. The fraction of sp³-hybridized carbons (Fsp3) is 0.211. The third-order valence-electron chi connectivity index (χ3n) is 3.93. The number of nitrogens with zero attached hydrogens (tertiary/aromatic N) is 1. The molecule has 1 N–H and O–H groups in total. The number of benzene rings is 2. The molecule has 0 saturated carbocycles. The topological polar surface area (TPSA) is 70.0 Å². The maximum Gasteiger partial charge on any atom is 0.251 e. The van der Waals surface area contributed by atoms with Crippen LogP contribution in [-0.4, -0.2) is 17.7 Å². The molecule has 2 rings (SSSR count). The van der Waals surface area contributed by atoms with Gasteiger partial charge in [-0.2, -0.15) is 5.26 Å². The first-order chi connectivity index (χ1) is 11.4. The summed E-state index contributed by atoms with van der Waals surface area (Å²) >= 11 is 5.83. The van der Waals surface area contributed by atoms with E-state index < -0.39 is 0 Å². The molecule has 0 fully saturated rings. The fourth-order valence-corrected chi connectivity index (χ4v) is 2.34. The van der Waals surface area contributed by atoms with Gasteiger partial charge in [-0.05, 0) is 55.5 Å². The molecule has 2 unspecified atom stereocenters. The van der Waals surface area contributed by atoms with E-state index in [2.05, 4.69) is 5.32 Å². The summed E-state index contributed by atoms with van der Waals surface area (Å²) in [6, 6.07) is 14.7. The van der Waals surface area contributed by atoms with Crippen molar-refractivity contribution >= 4 is 23.3 Å². The normalized spacial score (nSPS) is 12.8. The lowest BCUT2D eigenvalue weighted by Gasteiger charge is -2.20. The van der Waals surface area contributed by atoms with Gasteiger partial charge in [-0.1, -0.05) is 18.5 Å². The van der Waals surface area contributed by atoms with E-state index in [9.17, 15) is 9.59 Å². The van der Waals surface area contributed by atoms with Crippen molar-refractivity contribution in [2.45, 2.75) is 19.9 Å². The molecule has 0 radical (unpaired) electrons. The number of rotatable bonds is 5. The molecule has 2 atom stereocenters. The van der Waals surface area contributed by atoms with Gasteiger partial charge in [0, 0.05) is 28.1 Å². The fourth-order valence-electron chi connectivity index (χ4n) is 2.22. The van der Waals surface area contributed by atoms with Gasteiger partial charge in [-0.25, -0.2) is 0 Å². The van der Waals surface area contributed by atoms with Crippen LogP contribution in [0.2, 0.25) is 5.02 Å². The molecule has 0 spiro atoms. The van der Waals surface area contributed by atoms with Crippen LogP contribution in [0.15, 0.2) is 48.5 Å². The Kier molecular flexibility index (Phi) is 5.73. The first kappa shape index (κ1) is 17.7.